The SMILES string of the molecule is O=CNc1ccc(C#Cc2ccc(OCCN3CCOCC3)nc2)cc1. The lowest BCUT2D eigenvalue weighted by Gasteiger charge is -2.26. The number of amides is 1. The third kappa shape index (κ3) is 5.59. The Morgan fingerprint density at radius 2 is 1.85 bits per heavy atom. The van der Waals surface area contributed by atoms with Gasteiger partial charge in [0.15, 0.2) is 0 Å². The molecule has 1 aliphatic heterocycles. The minimum atomic E-state index is 0.605. The van der Waals surface area contributed by atoms with E-state index in [9.17, 15) is 4.79 Å². The highest BCUT2D eigenvalue weighted by molar-refractivity contribution is 5.71. The molecule has 1 aromatic carbocycles. The fourth-order valence-electron chi connectivity index (χ4n) is 2.51. The van der Waals surface area contributed by atoms with Crippen LogP contribution < -0.4 is 10.1 Å². The summed E-state index contributed by atoms with van der Waals surface area (Å²) in [5.41, 5.74) is 2.43. The highest BCUT2D eigenvalue weighted by Crippen LogP contribution is 2.09. The Balaban J connectivity index is 1.48. The molecule has 0 atom stereocenters. The Bertz CT molecular complexity index is 758. The van der Waals surface area contributed by atoms with Crippen LogP contribution in [0, 0.1) is 11.8 Å². The van der Waals surface area contributed by atoms with E-state index >= 15 is 0 Å². The highest BCUT2D eigenvalue weighted by Gasteiger charge is 2.09. The summed E-state index contributed by atoms with van der Waals surface area (Å²) in [6.07, 6.45) is 2.36. The van der Waals surface area contributed by atoms with Crippen molar-refractivity contribution in [2.24, 2.45) is 0 Å². The first-order valence-electron chi connectivity index (χ1n) is 8.55. The number of anilines is 1. The second-order valence-corrected chi connectivity index (χ2v) is 5.78. The minimum absolute atomic E-state index is 0.605. The van der Waals surface area contributed by atoms with Crippen LogP contribution >= 0.6 is 0 Å². The second-order valence-electron chi connectivity index (χ2n) is 5.78. The summed E-state index contributed by atoms with van der Waals surface area (Å²) in [7, 11) is 0. The van der Waals surface area contributed by atoms with Gasteiger partial charge < -0.3 is 14.8 Å². The third-order valence-electron chi connectivity index (χ3n) is 3.96. The van der Waals surface area contributed by atoms with E-state index in [4.69, 9.17) is 9.47 Å². The average Bonchev–Trinajstić information content (AvgIpc) is 2.70. The lowest BCUT2D eigenvalue weighted by atomic mass is 10.2. The predicted molar refractivity (Wildman–Crippen MR) is 99.1 cm³/mol. The van der Waals surface area contributed by atoms with E-state index in [0.717, 1.165) is 49.7 Å². The molecular formula is C20H21N3O3. The number of carbonyl (C=O) groups is 1. The van der Waals surface area contributed by atoms with Crippen molar-refractivity contribution in [1.82, 2.24) is 9.88 Å². The molecule has 0 radical (unpaired) electrons. The van der Waals surface area contributed by atoms with Crippen molar-refractivity contribution in [3.05, 3.63) is 53.7 Å². The molecule has 3 rings (SSSR count). The summed E-state index contributed by atoms with van der Waals surface area (Å²) in [6.45, 7) is 4.99. The molecule has 1 aliphatic rings. The van der Waals surface area contributed by atoms with E-state index in [1.165, 1.54) is 0 Å². The van der Waals surface area contributed by atoms with Crippen LogP contribution in [0.1, 0.15) is 11.1 Å². The lowest BCUT2D eigenvalue weighted by molar-refractivity contribution is -0.105. The molecule has 0 spiro atoms. The zero-order chi connectivity index (χ0) is 18.0. The number of pyridine rings is 1. The summed E-state index contributed by atoms with van der Waals surface area (Å²) in [4.78, 5) is 17.0. The number of hydrogen-bond acceptors (Lipinski definition) is 5. The van der Waals surface area contributed by atoms with E-state index in [1.54, 1.807) is 6.20 Å². The third-order valence-corrected chi connectivity index (χ3v) is 3.96. The largest absolute Gasteiger partial charge is 0.476 e. The lowest BCUT2D eigenvalue weighted by Crippen LogP contribution is -2.38. The molecule has 2 aromatic rings. The van der Waals surface area contributed by atoms with Crippen LogP contribution in [-0.2, 0) is 9.53 Å². The number of carbonyl (C=O) groups excluding carboxylic acids is 1. The first kappa shape index (κ1) is 17.9. The van der Waals surface area contributed by atoms with Crippen LogP contribution in [0.2, 0.25) is 0 Å². The Morgan fingerprint density at radius 1 is 1.12 bits per heavy atom. The number of morpholine rings is 1. The highest BCUT2D eigenvalue weighted by atomic mass is 16.5. The molecule has 6 nitrogen and oxygen atoms in total. The quantitative estimate of drug-likeness (QED) is 0.635. The molecule has 2 heterocycles. The number of rotatable bonds is 6. The minimum Gasteiger partial charge on any atom is -0.476 e. The zero-order valence-electron chi connectivity index (χ0n) is 14.5. The maximum absolute atomic E-state index is 10.4. The smallest absolute Gasteiger partial charge is 0.213 e. The van der Waals surface area contributed by atoms with Gasteiger partial charge in [-0.15, -0.1) is 0 Å². The van der Waals surface area contributed by atoms with Crippen molar-refractivity contribution < 1.29 is 14.3 Å². The van der Waals surface area contributed by atoms with E-state index in [2.05, 4.69) is 27.0 Å². The molecule has 1 fully saturated rings. The van der Waals surface area contributed by atoms with Gasteiger partial charge in [0.2, 0.25) is 12.3 Å². The predicted octanol–water partition coefficient (Wildman–Crippen LogP) is 1.76. The Labute approximate surface area is 153 Å². The van der Waals surface area contributed by atoms with Crippen molar-refractivity contribution >= 4 is 12.1 Å². The van der Waals surface area contributed by atoms with Crippen LogP contribution in [-0.4, -0.2) is 55.7 Å². The summed E-state index contributed by atoms with van der Waals surface area (Å²) >= 11 is 0. The Hall–Kier alpha value is -2.88. The summed E-state index contributed by atoms with van der Waals surface area (Å²) in [5, 5.41) is 2.59. The molecule has 0 bridgehead atoms. The van der Waals surface area contributed by atoms with Crippen LogP contribution in [0.5, 0.6) is 5.88 Å². The number of nitrogens with one attached hydrogen (secondary N) is 1. The maximum Gasteiger partial charge on any atom is 0.213 e. The van der Waals surface area contributed by atoms with Crippen molar-refractivity contribution in [3.63, 3.8) is 0 Å². The molecule has 1 amide bonds. The first-order chi connectivity index (χ1) is 12.8. The first-order valence-corrected chi connectivity index (χ1v) is 8.55. The van der Waals surface area contributed by atoms with Gasteiger partial charge in [-0.1, -0.05) is 11.8 Å². The second kappa shape index (κ2) is 9.56. The molecule has 26 heavy (non-hydrogen) atoms. The maximum atomic E-state index is 10.4. The molecule has 1 saturated heterocycles. The van der Waals surface area contributed by atoms with Gasteiger partial charge in [-0.25, -0.2) is 4.98 Å². The van der Waals surface area contributed by atoms with Crippen molar-refractivity contribution in [3.8, 4) is 17.7 Å². The van der Waals surface area contributed by atoms with Crippen molar-refractivity contribution in [2.45, 2.75) is 0 Å². The fraction of sp³-hybridized carbons (Fsp3) is 0.300. The monoisotopic (exact) mass is 351 g/mol. The van der Waals surface area contributed by atoms with Gasteiger partial charge in [-0.3, -0.25) is 9.69 Å². The van der Waals surface area contributed by atoms with Gasteiger partial charge in [0.05, 0.1) is 13.2 Å². The topological polar surface area (TPSA) is 63.7 Å². The number of hydrogen-bond donors (Lipinski definition) is 1. The molecule has 6 heteroatoms. The van der Waals surface area contributed by atoms with Gasteiger partial charge in [0.25, 0.3) is 0 Å². The molecule has 0 saturated carbocycles. The molecule has 134 valence electrons. The standard InChI is InChI=1S/C20H21N3O3/c24-16-22-19-6-3-17(4-7-19)1-2-18-5-8-20(21-15-18)26-14-11-23-9-12-25-13-10-23/h3-8,15-16H,9-14H2,(H,22,24). The van der Waals surface area contributed by atoms with Crippen LogP contribution in [0.4, 0.5) is 5.69 Å². The van der Waals surface area contributed by atoms with Crippen LogP contribution in [0.15, 0.2) is 42.6 Å². The van der Waals surface area contributed by atoms with Crippen LogP contribution in [0.25, 0.3) is 0 Å². The summed E-state index contributed by atoms with van der Waals surface area (Å²) in [6, 6.07) is 11.1. The Morgan fingerprint density at radius 3 is 2.54 bits per heavy atom. The van der Waals surface area contributed by atoms with Crippen LogP contribution in [0.3, 0.4) is 0 Å². The number of ether oxygens (including phenoxy) is 2. The van der Waals surface area contributed by atoms with E-state index < -0.39 is 0 Å². The fourth-order valence-corrected chi connectivity index (χ4v) is 2.51. The zero-order valence-corrected chi connectivity index (χ0v) is 14.5. The molecule has 0 unspecified atom stereocenters. The normalized spacial score (nSPS) is 14.2. The van der Waals surface area contributed by atoms with Gasteiger partial charge in [-0.05, 0) is 30.3 Å². The van der Waals surface area contributed by atoms with Crippen molar-refractivity contribution in [1.29, 1.82) is 0 Å². The van der Waals surface area contributed by atoms with Crippen molar-refractivity contribution in [2.75, 3.05) is 44.8 Å². The van der Waals surface area contributed by atoms with Gasteiger partial charge >= 0.3 is 0 Å². The number of aromatic nitrogens is 1. The van der Waals surface area contributed by atoms with Gasteiger partial charge in [0, 0.05) is 48.7 Å². The van der Waals surface area contributed by atoms with E-state index in [1.807, 2.05) is 36.4 Å². The van der Waals surface area contributed by atoms with Gasteiger partial charge in [-0.2, -0.15) is 0 Å². The summed E-state index contributed by atoms with van der Waals surface area (Å²) < 4.78 is 11.0. The summed E-state index contributed by atoms with van der Waals surface area (Å²) in [5.74, 6) is 6.74. The molecule has 0 aliphatic carbocycles. The van der Waals surface area contributed by atoms with E-state index in [0.29, 0.717) is 18.9 Å². The molecule has 1 N–H and O–H groups in total. The molecular weight excluding hydrogens is 330 g/mol. The average molecular weight is 351 g/mol. The van der Waals surface area contributed by atoms with Gasteiger partial charge in [0.1, 0.15) is 6.61 Å². The van der Waals surface area contributed by atoms with E-state index in [-0.39, 0.29) is 0 Å². The number of nitrogens with zero attached hydrogens (tertiary/aromatic N) is 2. The number of benzene rings is 1. The Kier molecular flexibility index (Phi) is 6.59. The molecule has 1 aromatic heterocycles.